The van der Waals surface area contributed by atoms with E-state index >= 15 is 0 Å². The van der Waals surface area contributed by atoms with E-state index in [2.05, 4.69) is 36.1 Å². The summed E-state index contributed by atoms with van der Waals surface area (Å²) in [5.41, 5.74) is 5.98. The first-order valence-electron chi connectivity index (χ1n) is 15.8. The van der Waals surface area contributed by atoms with Crippen molar-refractivity contribution in [3.63, 3.8) is 0 Å². The predicted molar refractivity (Wildman–Crippen MR) is 186 cm³/mol. The Hall–Kier alpha value is -5.73. The Balaban J connectivity index is 1.28. The maximum atomic E-state index is 13.0. The number of hydrogen-bond acceptors (Lipinski definition) is 7. The number of hydrogen-bond donors (Lipinski definition) is 0. The maximum absolute atomic E-state index is 13.0. The molecule has 1 aliphatic rings. The van der Waals surface area contributed by atoms with Crippen LogP contribution in [0.3, 0.4) is 0 Å². The average molecular weight is 643 g/mol. The van der Waals surface area contributed by atoms with Gasteiger partial charge in [-0.25, -0.2) is 14.4 Å². The van der Waals surface area contributed by atoms with Crippen LogP contribution < -0.4 is 9.47 Å². The van der Waals surface area contributed by atoms with Crippen LogP contribution in [-0.2, 0) is 9.53 Å². The monoisotopic (exact) mass is 642 g/mol. The number of carbonyl (C=O) groups is 3. The van der Waals surface area contributed by atoms with Gasteiger partial charge in [0.05, 0.1) is 11.1 Å². The molecule has 0 saturated carbocycles. The Morgan fingerprint density at radius 2 is 1.29 bits per heavy atom. The van der Waals surface area contributed by atoms with E-state index in [0.717, 1.165) is 41.0 Å². The van der Waals surface area contributed by atoms with Gasteiger partial charge < -0.3 is 19.1 Å². The first-order valence-corrected chi connectivity index (χ1v) is 15.8. The number of carbonyl (C=O) groups excluding carboxylic acids is 3. The summed E-state index contributed by atoms with van der Waals surface area (Å²) >= 11 is 0. The van der Waals surface area contributed by atoms with Gasteiger partial charge in [0.2, 0.25) is 0 Å². The van der Waals surface area contributed by atoms with Crippen LogP contribution in [0.5, 0.6) is 11.5 Å². The fourth-order valence-corrected chi connectivity index (χ4v) is 5.15. The Morgan fingerprint density at radius 1 is 0.708 bits per heavy atom. The summed E-state index contributed by atoms with van der Waals surface area (Å²) in [6, 6.07) is 34.1. The van der Waals surface area contributed by atoms with E-state index in [-0.39, 0.29) is 17.7 Å². The van der Waals surface area contributed by atoms with E-state index in [0.29, 0.717) is 12.4 Å². The zero-order chi connectivity index (χ0) is 33.9. The fourth-order valence-electron chi connectivity index (χ4n) is 5.15. The molecule has 1 aliphatic heterocycles. The normalized spacial score (nSPS) is 13.0. The Kier molecular flexibility index (Phi) is 11.4. The van der Waals surface area contributed by atoms with Crippen molar-refractivity contribution in [2.24, 2.45) is 0 Å². The summed E-state index contributed by atoms with van der Waals surface area (Å²) in [6.45, 7) is 3.63. The molecule has 0 saturated heterocycles. The standard InChI is InChI=1S/C40H38N2O6/c1-4-36(29-11-7-5-8-12-29)37(30-15-19-34(20-16-30)46-28-27-41(2)3)31-17-21-35(22-18-31)47-38(43)33-23-25-42(26-24-33)40(45)48-39(44)32-13-9-6-10-14-32/h5-25H,4,26-28H2,1-3H3/b37-36-. The summed E-state index contributed by atoms with van der Waals surface area (Å²) in [5, 5.41) is 0. The minimum Gasteiger partial charge on any atom is -0.492 e. The molecule has 48 heavy (non-hydrogen) atoms. The zero-order valence-electron chi connectivity index (χ0n) is 27.3. The highest BCUT2D eigenvalue weighted by Crippen LogP contribution is 2.35. The molecule has 0 bridgehead atoms. The molecule has 244 valence electrons. The van der Waals surface area contributed by atoms with Crippen LogP contribution in [0.25, 0.3) is 11.1 Å². The van der Waals surface area contributed by atoms with Crippen LogP contribution >= 0.6 is 0 Å². The molecule has 1 amide bonds. The van der Waals surface area contributed by atoms with Gasteiger partial charge in [0, 0.05) is 19.3 Å². The summed E-state index contributed by atoms with van der Waals surface area (Å²) in [7, 11) is 4.03. The summed E-state index contributed by atoms with van der Waals surface area (Å²) in [4.78, 5) is 40.9. The lowest BCUT2D eigenvalue weighted by atomic mass is 9.88. The van der Waals surface area contributed by atoms with Crippen LogP contribution in [0, 0.1) is 0 Å². The van der Waals surface area contributed by atoms with E-state index in [4.69, 9.17) is 14.2 Å². The minimum atomic E-state index is -0.836. The zero-order valence-corrected chi connectivity index (χ0v) is 27.3. The third-order valence-corrected chi connectivity index (χ3v) is 7.68. The number of amides is 1. The average Bonchev–Trinajstić information content (AvgIpc) is 3.12. The third-order valence-electron chi connectivity index (χ3n) is 7.68. The van der Waals surface area contributed by atoms with Gasteiger partial charge in [-0.3, -0.25) is 4.90 Å². The van der Waals surface area contributed by atoms with Crippen LogP contribution in [0.1, 0.15) is 40.4 Å². The Morgan fingerprint density at radius 3 is 1.83 bits per heavy atom. The highest BCUT2D eigenvalue weighted by Gasteiger charge is 2.22. The minimum absolute atomic E-state index is 0.0493. The van der Waals surface area contributed by atoms with E-state index in [1.54, 1.807) is 48.5 Å². The van der Waals surface area contributed by atoms with E-state index in [1.165, 1.54) is 22.7 Å². The first kappa shape index (κ1) is 33.6. The van der Waals surface area contributed by atoms with E-state index in [9.17, 15) is 14.4 Å². The highest BCUT2D eigenvalue weighted by molar-refractivity contribution is 5.99. The first-order chi connectivity index (χ1) is 23.3. The lowest BCUT2D eigenvalue weighted by molar-refractivity contribution is -0.129. The molecule has 8 heteroatoms. The summed E-state index contributed by atoms with van der Waals surface area (Å²) in [6.07, 6.45) is 4.37. The molecule has 0 spiro atoms. The lowest BCUT2D eigenvalue weighted by Gasteiger charge is -2.19. The van der Waals surface area contributed by atoms with Gasteiger partial charge in [-0.15, -0.1) is 0 Å². The number of allylic oxidation sites excluding steroid dienone is 1. The molecule has 8 nitrogen and oxygen atoms in total. The van der Waals surface area contributed by atoms with Crippen molar-refractivity contribution in [2.75, 3.05) is 33.8 Å². The molecule has 0 fully saturated rings. The van der Waals surface area contributed by atoms with Crippen molar-refractivity contribution in [1.29, 1.82) is 0 Å². The van der Waals surface area contributed by atoms with Crippen molar-refractivity contribution in [3.8, 4) is 11.5 Å². The second-order valence-electron chi connectivity index (χ2n) is 11.3. The largest absolute Gasteiger partial charge is 0.492 e. The van der Waals surface area contributed by atoms with E-state index < -0.39 is 18.0 Å². The molecule has 1 heterocycles. The number of rotatable bonds is 11. The molecule has 5 rings (SSSR count). The summed E-state index contributed by atoms with van der Waals surface area (Å²) in [5.74, 6) is -0.116. The number of likely N-dealkylation sites (N-methyl/N-ethyl adjacent to an activating group) is 1. The maximum Gasteiger partial charge on any atom is 0.422 e. The van der Waals surface area contributed by atoms with Crippen molar-refractivity contribution in [2.45, 2.75) is 13.3 Å². The van der Waals surface area contributed by atoms with Gasteiger partial charge in [0.25, 0.3) is 0 Å². The lowest BCUT2D eigenvalue weighted by Crippen LogP contribution is -2.31. The smallest absolute Gasteiger partial charge is 0.422 e. The number of nitrogens with zero attached hydrogens (tertiary/aromatic N) is 2. The van der Waals surface area contributed by atoms with Crippen molar-refractivity contribution >= 4 is 29.2 Å². The molecule has 0 aromatic heterocycles. The van der Waals surface area contributed by atoms with Crippen LogP contribution in [0.15, 0.2) is 133 Å². The molecule has 0 atom stereocenters. The molecule has 0 N–H and O–H groups in total. The third kappa shape index (κ3) is 8.74. The number of esters is 2. The van der Waals surface area contributed by atoms with Gasteiger partial charge in [0.15, 0.2) is 0 Å². The van der Waals surface area contributed by atoms with Gasteiger partial charge in [-0.1, -0.05) is 85.8 Å². The van der Waals surface area contributed by atoms with Crippen molar-refractivity contribution < 1.29 is 28.6 Å². The fraction of sp³-hybridized carbons (Fsp3) is 0.175. The summed E-state index contributed by atoms with van der Waals surface area (Å²) < 4.78 is 16.5. The molecule has 0 aliphatic carbocycles. The molecule has 4 aromatic rings. The quantitative estimate of drug-likeness (QED) is 0.0720. The van der Waals surface area contributed by atoms with Crippen LogP contribution in [-0.4, -0.2) is 61.6 Å². The van der Waals surface area contributed by atoms with Crippen LogP contribution in [0.4, 0.5) is 4.79 Å². The molecular formula is C40H38N2O6. The van der Waals surface area contributed by atoms with Gasteiger partial charge in [-0.2, -0.15) is 0 Å². The highest BCUT2D eigenvalue weighted by atomic mass is 16.6. The van der Waals surface area contributed by atoms with Crippen molar-refractivity contribution in [1.82, 2.24) is 9.80 Å². The second-order valence-corrected chi connectivity index (χ2v) is 11.3. The van der Waals surface area contributed by atoms with E-state index in [1.807, 2.05) is 56.6 Å². The van der Waals surface area contributed by atoms with Gasteiger partial charge in [0.1, 0.15) is 18.1 Å². The number of ether oxygens (including phenoxy) is 3. The molecular weight excluding hydrogens is 604 g/mol. The van der Waals surface area contributed by atoms with Gasteiger partial charge in [-0.05, 0) is 90.8 Å². The Bertz CT molecular complexity index is 1810. The predicted octanol–water partition coefficient (Wildman–Crippen LogP) is 7.63. The topological polar surface area (TPSA) is 85.4 Å². The van der Waals surface area contributed by atoms with Crippen molar-refractivity contribution in [3.05, 3.63) is 155 Å². The van der Waals surface area contributed by atoms with Gasteiger partial charge >= 0.3 is 18.0 Å². The second kappa shape index (κ2) is 16.2. The number of benzene rings is 4. The van der Waals surface area contributed by atoms with Crippen LogP contribution in [0.2, 0.25) is 0 Å². The molecule has 0 radical (unpaired) electrons. The Labute approximate surface area is 281 Å². The SMILES string of the molecule is CC/C(=C(\c1ccc(OCCN(C)C)cc1)c1ccc(OC(=O)C2=CCN(C(=O)OC(=O)c3ccccc3)C=C2)cc1)c1ccccc1. The molecule has 4 aromatic carbocycles. The molecule has 0 unspecified atom stereocenters.